The average Bonchev–Trinajstić information content (AvgIpc) is 2.85. The molecule has 8 heteroatoms. The number of carboxylic acid groups (broad SMARTS) is 1. The summed E-state index contributed by atoms with van der Waals surface area (Å²) in [6.45, 7) is 0.159. The zero-order valence-corrected chi connectivity index (χ0v) is 9.64. The van der Waals surface area contributed by atoms with Gasteiger partial charge in [0.1, 0.15) is 10.6 Å². The fourth-order valence-electron chi connectivity index (χ4n) is 1.81. The number of nitrogens with zero attached hydrogens (tertiary/aromatic N) is 4. The maximum atomic E-state index is 12.1. The van der Waals surface area contributed by atoms with Crippen LogP contribution in [0.4, 0.5) is 0 Å². The Morgan fingerprint density at radius 2 is 2.41 bits per heavy atom. The standard InChI is InChI=1S/C9H8N4O3S/c1-12-6-4(2-10-12)7(14)13-3-5(8(15)16)17-9(13)11-6/h2,5H,3H2,1H3,(H,15,16). The van der Waals surface area contributed by atoms with Gasteiger partial charge in [-0.2, -0.15) is 5.10 Å². The van der Waals surface area contributed by atoms with Crippen LogP contribution in [0.5, 0.6) is 0 Å². The summed E-state index contributed by atoms with van der Waals surface area (Å²) < 4.78 is 2.90. The van der Waals surface area contributed by atoms with E-state index in [1.165, 1.54) is 15.4 Å². The number of aliphatic carboxylic acids is 1. The lowest BCUT2D eigenvalue weighted by molar-refractivity contribution is -0.136. The summed E-state index contributed by atoms with van der Waals surface area (Å²) >= 11 is 1.10. The summed E-state index contributed by atoms with van der Waals surface area (Å²) in [4.78, 5) is 27.2. The lowest BCUT2D eigenvalue weighted by atomic mass is 10.4. The van der Waals surface area contributed by atoms with E-state index < -0.39 is 11.2 Å². The largest absolute Gasteiger partial charge is 0.480 e. The highest BCUT2D eigenvalue weighted by molar-refractivity contribution is 8.00. The normalized spacial score (nSPS) is 18.5. The molecule has 1 aliphatic rings. The van der Waals surface area contributed by atoms with Gasteiger partial charge in [-0.05, 0) is 0 Å². The van der Waals surface area contributed by atoms with Gasteiger partial charge in [0.15, 0.2) is 10.8 Å². The smallest absolute Gasteiger partial charge is 0.318 e. The molecule has 2 aromatic rings. The first-order valence-corrected chi connectivity index (χ1v) is 5.78. The van der Waals surface area contributed by atoms with Crippen LogP contribution in [0.1, 0.15) is 0 Å². The Kier molecular flexibility index (Phi) is 2.02. The lowest BCUT2D eigenvalue weighted by Gasteiger charge is -2.00. The van der Waals surface area contributed by atoms with Crippen molar-refractivity contribution in [2.75, 3.05) is 0 Å². The number of carbonyl (C=O) groups is 1. The Morgan fingerprint density at radius 3 is 3.12 bits per heavy atom. The van der Waals surface area contributed by atoms with Crippen molar-refractivity contribution in [2.45, 2.75) is 17.0 Å². The predicted octanol–water partition coefficient (Wildman–Crippen LogP) is -0.311. The molecule has 7 nitrogen and oxygen atoms in total. The monoisotopic (exact) mass is 252 g/mol. The second-order valence-electron chi connectivity index (χ2n) is 3.76. The fourth-order valence-corrected chi connectivity index (χ4v) is 2.81. The Bertz CT molecular complexity index is 689. The van der Waals surface area contributed by atoms with Crippen LogP contribution in [0.15, 0.2) is 16.1 Å². The van der Waals surface area contributed by atoms with E-state index in [2.05, 4.69) is 10.1 Å². The molecule has 3 rings (SSSR count). The summed E-state index contributed by atoms with van der Waals surface area (Å²) in [5, 5.41) is 13.1. The van der Waals surface area contributed by atoms with Gasteiger partial charge >= 0.3 is 5.97 Å². The second-order valence-corrected chi connectivity index (χ2v) is 4.93. The second kappa shape index (κ2) is 3.33. The molecule has 0 radical (unpaired) electrons. The number of carboxylic acids is 1. The van der Waals surface area contributed by atoms with Gasteiger partial charge in [-0.25, -0.2) is 4.98 Å². The molecule has 1 atom stereocenters. The van der Waals surface area contributed by atoms with Crippen molar-refractivity contribution in [3.8, 4) is 0 Å². The van der Waals surface area contributed by atoms with Crippen LogP contribution in [0.2, 0.25) is 0 Å². The van der Waals surface area contributed by atoms with E-state index in [1.807, 2.05) is 0 Å². The van der Waals surface area contributed by atoms with Gasteiger partial charge in [-0.3, -0.25) is 18.8 Å². The zero-order valence-electron chi connectivity index (χ0n) is 8.82. The number of thioether (sulfide) groups is 1. The number of hydrogen-bond acceptors (Lipinski definition) is 5. The molecule has 0 bridgehead atoms. The van der Waals surface area contributed by atoms with Gasteiger partial charge in [0.2, 0.25) is 0 Å². The van der Waals surface area contributed by atoms with Gasteiger partial charge < -0.3 is 5.11 Å². The van der Waals surface area contributed by atoms with Crippen molar-refractivity contribution >= 4 is 28.8 Å². The molecule has 0 saturated heterocycles. The summed E-state index contributed by atoms with van der Waals surface area (Å²) in [7, 11) is 1.69. The van der Waals surface area contributed by atoms with Crippen molar-refractivity contribution < 1.29 is 9.90 Å². The van der Waals surface area contributed by atoms with Gasteiger partial charge in [0.05, 0.1) is 12.7 Å². The summed E-state index contributed by atoms with van der Waals surface area (Å²) in [5.74, 6) is -0.929. The first-order valence-electron chi connectivity index (χ1n) is 4.90. The minimum Gasteiger partial charge on any atom is -0.480 e. The SMILES string of the molecule is Cn1ncc2c(=O)n3c(nc21)SC(C(=O)O)C3. The third-order valence-corrected chi connectivity index (χ3v) is 3.84. The summed E-state index contributed by atoms with van der Waals surface area (Å²) in [6, 6.07) is 0. The van der Waals surface area contributed by atoms with E-state index in [4.69, 9.17) is 5.11 Å². The Hall–Kier alpha value is -1.83. The molecular weight excluding hydrogens is 244 g/mol. The number of hydrogen-bond donors (Lipinski definition) is 1. The predicted molar refractivity (Wildman–Crippen MR) is 60.0 cm³/mol. The molecule has 0 amide bonds. The van der Waals surface area contributed by atoms with Crippen LogP contribution in [0.3, 0.4) is 0 Å². The van der Waals surface area contributed by atoms with Crippen molar-refractivity contribution in [2.24, 2.45) is 7.05 Å². The van der Waals surface area contributed by atoms with Gasteiger partial charge in [-0.1, -0.05) is 11.8 Å². The number of rotatable bonds is 1. The first-order chi connectivity index (χ1) is 8.08. The third kappa shape index (κ3) is 1.37. The van der Waals surface area contributed by atoms with Crippen molar-refractivity contribution in [3.63, 3.8) is 0 Å². The minimum absolute atomic E-state index is 0.159. The molecule has 0 spiro atoms. The van der Waals surface area contributed by atoms with E-state index in [0.717, 1.165) is 11.8 Å². The molecule has 88 valence electrons. The highest BCUT2D eigenvalue weighted by atomic mass is 32.2. The molecule has 1 N–H and O–H groups in total. The molecule has 2 aromatic heterocycles. The quantitative estimate of drug-likeness (QED) is 0.700. The van der Waals surface area contributed by atoms with Crippen LogP contribution in [0, 0.1) is 0 Å². The van der Waals surface area contributed by atoms with Crippen LogP contribution < -0.4 is 5.56 Å². The van der Waals surface area contributed by atoms with E-state index in [-0.39, 0.29) is 12.1 Å². The molecule has 3 heterocycles. The third-order valence-electron chi connectivity index (χ3n) is 2.69. The maximum absolute atomic E-state index is 12.1. The summed E-state index contributed by atoms with van der Waals surface area (Å²) in [5.41, 5.74) is 0.258. The maximum Gasteiger partial charge on any atom is 0.318 e. The molecule has 0 saturated carbocycles. The van der Waals surface area contributed by atoms with Gasteiger partial charge in [-0.15, -0.1) is 0 Å². The van der Waals surface area contributed by atoms with Gasteiger partial charge in [0, 0.05) is 7.05 Å². The first kappa shape index (κ1) is 10.3. The Balaban J connectivity index is 2.24. The fraction of sp³-hybridized carbons (Fsp3) is 0.333. The average molecular weight is 252 g/mol. The molecule has 0 fully saturated rings. The molecular formula is C9H8N4O3S. The van der Waals surface area contributed by atoms with Crippen LogP contribution >= 0.6 is 11.8 Å². The van der Waals surface area contributed by atoms with E-state index in [9.17, 15) is 9.59 Å². The molecule has 17 heavy (non-hydrogen) atoms. The van der Waals surface area contributed by atoms with Gasteiger partial charge in [0.25, 0.3) is 5.56 Å². The Morgan fingerprint density at radius 1 is 1.65 bits per heavy atom. The Labute approximate surface area is 99.1 Å². The van der Waals surface area contributed by atoms with Crippen molar-refractivity contribution in [1.82, 2.24) is 19.3 Å². The highest BCUT2D eigenvalue weighted by Gasteiger charge is 2.31. The number of fused-ring (bicyclic) bond motifs is 2. The van der Waals surface area contributed by atoms with Crippen LogP contribution in [-0.2, 0) is 18.4 Å². The van der Waals surface area contributed by atoms with Crippen LogP contribution in [0.25, 0.3) is 11.0 Å². The van der Waals surface area contributed by atoms with Crippen LogP contribution in [-0.4, -0.2) is 35.7 Å². The minimum atomic E-state index is -0.929. The summed E-state index contributed by atoms with van der Waals surface area (Å²) in [6.07, 6.45) is 1.46. The molecule has 1 aliphatic heterocycles. The molecule has 0 aromatic carbocycles. The van der Waals surface area contributed by atoms with E-state index in [0.29, 0.717) is 16.2 Å². The van der Waals surface area contributed by atoms with Crippen molar-refractivity contribution in [1.29, 1.82) is 0 Å². The molecule has 1 unspecified atom stereocenters. The van der Waals surface area contributed by atoms with E-state index >= 15 is 0 Å². The van der Waals surface area contributed by atoms with Crippen molar-refractivity contribution in [3.05, 3.63) is 16.6 Å². The topological polar surface area (TPSA) is 90.0 Å². The number of aromatic nitrogens is 4. The highest BCUT2D eigenvalue weighted by Crippen LogP contribution is 2.29. The van der Waals surface area contributed by atoms with E-state index in [1.54, 1.807) is 7.05 Å². The lowest BCUT2D eigenvalue weighted by Crippen LogP contribution is -2.24. The number of aryl methyl sites for hydroxylation is 1. The molecule has 0 aliphatic carbocycles. The zero-order chi connectivity index (χ0) is 12.2.